The minimum Gasteiger partial charge on any atom is -0.462 e. The van der Waals surface area contributed by atoms with Crippen molar-refractivity contribution in [3.8, 4) is 0 Å². The summed E-state index contributed by atoms with van der Waals surface area (Å²) in [6.07, 6.45) is 14.3. The number of hydrogen-bond donors (Lipinski definition) is 1. The van der Waals surface area contributed by atoms with Crippen molar-refractivity contribution in [2.45, 2.75) is 113 Å². The molecule has 2 aromatic carbocycles. The van der Waals surface area contributed by atoms with E-state index in [1.54, 1.807) is 59.6 Å². The number of morpholine rings is 1. The molecule has 0 aliphatic carbocycles. The number of carbonyl (C=O) groups excluding carboxylic acids is 3. The largest absolute Gasteiger partial charge is 0.462 e. The number of amides is 2. The molecule has 29 nitrogen and oxygen atoms in total. The molecule has 5 aliphatic heterocycles. The van der Waals surface area contributed by atoms with Crippen LogP contribution in [0.1, 0.15) is 120 Å². The van der Waals surface area contributed by atoms with Gasteiger partial charge in [0.15, 0.2) is 0 Å². The van der Waals surface area contributed by atoms with E-state index in [-0.39, 0.29) is 17.8 Å². The van der Waals surface area contributed by atoms with Gasteiger partial charge < -0.3 is 38.8 Å². The molecule has 36 heteroatoms. The van der Waals surface area contributed by atoms with Crippen molar-refractivity contribution in [3.05, 3.63) is 214 Å². The molecule has 11 aromatic rings. The Morgan fingerprint density at radius 2 is 1.06 bits per heavy atom. The van der Waals surface area contributed by atoms with Crippen molar-refractivity contribution in [2.75, 3.05) is 131 Å². The lowest BCUT2D eigenvalue weighted by molar-refractivity contribution is 0.0531. The lowest BCUT2D eigenvalue weighted by Crippen LogP contribution is -2.50. The number of sulfonamides is 2. The maximum absolute atomic E-state index is 12.2. The van der Waals surface area contributed by atoms with Crippen LogP contribution in [0.5, 0.6) is 0 Å². The number of aryl methyl sites for hydroxylation is 13. The summed E-state index contributed by atoms with van der Waals surface area (Å²) in [5, 5.41) is 23.0. The Labute approximate surface area is 699 Å². The summed E-state index contributed by atoms with van der Waals surface area (Å²) in [6.45, 7) is 37.0. The van der Waals surface area contributed by atoms with Crippen molar-refractivity contribution in [3.63, 3.8) is 0 Å². The van der Waals surface area contributed by atoms with Crippen LogP contribution in [0, 0.1) is 83.1 Å². The molecular formula is C80H112N16O13S7. The van der Waals surface area contributed by atoms with Gasteiger partial charge in [-0.25, -0.2) is 35.0 Å². The fourth-order valence-corrected chi connectivity index (χ4v) is 17.3. The molecule has 9 aromatic heterocycles. The predicted molar refractivity (Wildman–Crippen MR) is 460 cm³/mol. The first-order valence-electron chi connectivity index (χ1n) is 37.9. The number of esters is 1. The van der Waals surface area contributed by atoms with Gasteiger partial charge in [-0.15, -0.1) is 45.3 Å². The number of rotatable bonds is 10. The van der Waals surface area contributed by atoms with Gasteiger partial charge in [-0.3, -0.25) is 23.6 Å². The molecule has 0 bridgehead atoms. The molecule has 1 atom stereocenters. The fourth-order valence-electron chi connectivity index (χ4n) is 11.3. The standard InChI is InChI=1S/C11H16N2O3S2.C11H16N2OS.C11H15NO3S.C8H12N2O.C8H7NS.C8H10O2S.C7H11N3.C6H10N2.C5H8N2O2S.C5H7NO/c1-9-3-4-10(17-9)11(14)12-5-7-13(8-6-12)18(2,15)16;1-9-3-4-10(15-9)11(14)13-7-5-12(2)6-8-13;1-10-2-4-11(5-3-10)16(13,14)12-6-8-15-9-7-12;1-7-4-9-10(5-7)8-2-3-11-6-8;1-6-2-3-7-8(4-6)10-5-9-7;1-3-10-8(9)7-5-4-6(2)11-7;1-6-2-9-10(5-6)7-3-8-4-7;1-5-4-6(2)8(3)7-5;1-5-3-6-7(4-5)10(2,8)9;1-4-3-5(2)7-6-4/h3-4H,5-8H2,1-2H3;3-4H,5-8H2,1-2H3;2-5H,6-9H2,1H3;4-5,8H,2-3,6H2,1H3;2-5H,1H3;4-5H,3H2,1-2H3;2,5,7-8H,3-4H2,1H3;4H,1-3H3;3-4H,1-2H3;3H,1-2H3. The zero-order valence-corrected chi connectivity index (χ0v) is 75.2. The second-order valence-corrected chi connectivity index (χ2v) is 38.8. The normalized spacial score (nSPS) is 15.7. The van der Waals surface area contributed by atoms with E-state index in [1.807, 2.05) is 148 Å². The third-order valence-corrected chi connectivity index (χ3v) is 25.8. The maximum atomic E-state index is 12.2. The van der Waals surface area contributed by atoms with E-state index in [0.717, 1.165) is 123 Å². The van der Waals surface area contributed by atoms with Crippen LogP contribution in [0.25, 0.3) is 10.2 Å². The van der Waals surface area contributed by atoms with E-state index < -0.39 is 30.1 Å². The summed E-state index contributed by atoms with van der Waals surface area (Å²) in [6, 6.07) is 29.6. The van der Waals surface area contributed by atoms with Crippen LogP contribution in [0.4, 0.5) is 0 Å². The highest BCUT2D eigenvalue weighted by atomic mass is 32.2. The lowest BCUT2D eigenvalue weighted by Gasteiger charge is -2.32. The average Bonchev–Trinajstić information content (AvgIpc) is 1.23. The minimum atomic E-state index is -3.33. The topological polar surface area (TPSA) is 320 Å². The number of benzene rings is 2. The monoisotopic (exact) mass is 1730 g/mol. The molecule has 2 amide bonds. The van der Waals surface area contributed by atoms with Gasteiger partial charge in [0.1, 0.15) is 10.6 Å². The Hall–Kier alpha value is -8.50. The number of nitrogens with one attached hydrogen (secondary N) is 1. The first kappa shape index (κ1) is 94.6. The zero-order chi connectivity index (χ0) is 84.9. The Bertz CT molecular complexity index is 5140. The molecule has 632 valence electrons. The van der Waals surface area contributed by atoms with Crippen molar-refractivity contribution < 1.29 is 58.4 Å². The van der Waals surface area contributed by atoms with Crippen molar-refractivity contribution >= 4 is 103 Å². The highest BCUT2D eigenvalue weighted by molar-refractivity contribution is 7.89. The summed E-state index contributed by atoms with van der Waals surface area (Å²) in [7, 11) is -5.60. The lowest BCUT2D eigenvalue weighted by atomic mass is 10.2. The van der Waals surface area contributed by atoms with Crippen LogP contribution < -0.4 is 5.32 Å². The molecular weight excluding hydrogens is 1620 g/mol. The molecule has 0 saturated carbocycles. The average molecular weight is 1730 g/mol. The third kappa shape index (κ3) is 31.4. The molecule has 116 heavy (non-hydrogen) atoms. The second-order valence-electron chi connectivity index (χ2n) is 28.3. The van der Waals surface area contributed by atoms with Crippen LogP contribution in [-0.2, 0) is 51.3 Å². The van der Waals surface area contributed by atoms with E-state index in [4.69, 9.17) is 18.7 Å². The number of thiazole rings is 1. The molecule has 14 heterocycles. The summed E-state index contributed by atoms with van der Waals surface area (Å²) in [5.74, 6) is 0.852. The summed E-state index contributed by atoms with van der Waals surface area (Å²) in [4.78, 5) is 51.4. The van der Waals surface area contributed by atoms with Crippen LogP contribution in [-0.4, -0.2) is 246 Å². The number of thiophene rings is 3. The Morgan fingerprint density at radius 1 is 0.534 bits per heavy atom. The number of piperazine rings is 2. The number of carbonyl (C=O) groups is 3. The van der Waals surface area contributed by atoms with Crippen molar-refractivity contribution in [2.24, 2.45) is 7.05 Å². The number of nitrogens with zero attached hydrogens (tertiary/aromatic N) is 15. The van der Waals surface area contributed by atoms with Gasteiger partial charge in [0.2, 0.25) is 20.0 Å². The van der Waals surface area contributed by atoms with Gasteiger partial charge in [0.05, 0.1) is 111 Å². The van der Waals surface area contributed by atoms with E-state index in [0.29, 0.717) is 80.9 Å². The number of hydrogen-bond acceptors (Lipinski definition) is 25. The summed E-state index contributed by atoms with van der Waals surface area (Å²) in [5.41, 5.74) is 11.9. The highest BCUT2D eigenvalue weighted by Gasteiger charge is 2.29. The second kappa shape index (κ2) is 46.0. The van der Waals surface area contributed by atoms with Gasteiger partial charge >= 0.3 is 5.97 Å². The molecule has 0 spiro atoms. The van der Waals surface area contributed by atoms with Crippen molar-refractivity contribution in [1.82, 2.24) is 77.3 Å². The molecule has 5 aliphatic rings. The van der Waals surface area contributed by atoms with Crippen LogP contribution in [0.15, 0.2) is 143 Å². The van der Waals surface area contributed by atoms with Crippen LogP contribution in [0.3, 0.4) is 0 Å². The van der Waals surface area contributed by atoms with E-state index in [9.17, 15) is 39.6 Å². The Morgan fingerprint density at radius 3 is 1.45 bits per heavy atom. The molecule has 5 fully saturated rings. The summed E-state index contributed by atoms with van der Waals surface area (Å²) >= 11 is 6.21. The van der Waals surface area contributed by atoms with E-state index in [1.165, 1.54) is 81.9 Å². The SMILES string of the molecule is CCOC(=O)c1ccc(C)s1.Cc1cc(C)n(C)n1.Cc1cc(C)on1.Cc1ccc(C(=O)N2CCN(C)CC2)s1.Cc1ccc(C(=O)N2CCN(S(C)(=O)=O)CC2)s1.Cc1ccc(S(=O)(=O)N2CCOCC2)cc1.Cc1ccc2ncsc2c1.Cc1cnn(C2CCOC2)c1.Cc1cnn(C2CNC2)c1.Cc1cnn(S(C)(=O)=O)c1. The molecule has 1 N–H and O–H groups in total. The van der Waals surface area contributed by atoms with Gasteiger partial charge in [-0.05, 0) is 192 Å². The van der Waals surface area contributed by atoms with Gasteiger partial charge in [0, 0.05) is 137 Å². The molecule has 5 saturated heterocycles. The quantitative estimate of drug-likeness (QED) is 0.124. The fraction of sp³-hybridized carbons (Fsp3) is 0.463. The molecule has 0 radical (unpaired) electrons. The number of likely N-dealkylation sites (N-methyl/N-ethyl adjacent to an activating group) is 1. The van der Waals surface area contributed by atoms with Crippen molar-refractivity contribution in [1.29, 1.82) is 0 Å². The first-order valence-corrected chi connectivity index (χ1v) is 46.3. The highest BCUT2D eigenvalue weighted by Crippen LogP contribution is 2.24. The molecule has 16 rings (SSSR count). The third-order valence-electron chi connectivity index (χ3n) is 17.9. The van der Waals surface area contributed by atoms with Gasteiger partial charge in [-0.2, -0.15) is 33.1 Å². The first-order chi connectivity index (χ1) is 54.9. The minimum absolute atomic E-state index is 0.00116. The van der Waals surface area contributed by atoms with Crippen LogP contribution in [0.2, 0.25) is 0 Å². The Balaban J connectivity index is 0.000000180. The number of fused-ring (bicyclic) bond motifs is 1. The van der Waals surface area contributed by atoms with Crippen LogP contribution >= 0.6 is 45.3 Å². The smallest absolute Gasteiger partial charge is 0.348 e. The zero-order valence-electron chi connectivity index (χ0n) is 69.5. The summed E-state index contributed by atoms with van der Waals surface area (Å²) < 4.78 is 99.5. The van der Waals surface area contributed by atoms with E-state index in [2.05, 4.69) is 105 Å². The molecule has 1 unspecified atom stereocenters. The van der Waals surface area contributed by atoms with E-state index >= 15 is 0 Å². The predicted octanol–water partition coefficient (Wildman–Crippen LogP) is 11.9. The maximum Gasteiger partial charge on any atom is 0.348 e. The number of aromatic nitrogens is 10. The number of ether oxygens (including phenoxy) is 3. The van der Waals surface area contributed by atoms with Gasteiger partial charge in [-0.1, -0.05) is 28.9 Å². The van der Waals surface area contributed by atoms with Gasteiger partial charge in [0.25, 0.3) is 21.8 Å². The Kier molecular flexibility index (Phi) is 37.5.